The lowest BCUT2D eigenvalue weighted by Crippen LogP contribution is -2.59. The van der Waals surface area contributed by atoms with Crippen molar-refractivity contribution in [3.8, 4) is 5.75 Å². The third kappa shape index (κ3) is 4.47. The van der Waals surface area contributed by atoms with E-state index in [4.69, 9.17) is 21.1 Å². The lowest BCUT2D eigenvalue weighted by Gasteiger charge is -2.54. The number of carbonyl (C=O) groups is 2. The fraction of sp³-hybridized carbons (Fsp3) is 0.481. The van der Waals surface area contributed by atoms with Crippen molar-refractivity contribution in [1.82, 2.24) is 4.90 Å². The zero-order valence-corrected chi connectivity index (χ0v) is 20.6. The first-order chi connectivity index (χ1) is 16.2. The maximum Gasteiger partial charge on any atom is 0.238 e. The first kappa shape index (κ1) is 23.3. The second-order valence-electron chi connectivity index (χ2n) is 10.2. The minimum Gasteiger partial charge on any atom is -0.487 e. The molecular weight excluding hydrogens is 452 g/mol. The van der Waals surface area contributed by atoms with Gasteiger partial charge in [-0.15, -0.1) is 0 Å². The normalized spacial score (nSPS) is 27.5. The molecule has 0 aromatic heterocycles. The molecule has 7 heteroatoms. The summed E-state index contributed by atoms with van der Waals surface area (Å²) in [5.41, 5.74) is 1.96. The van der Waals surface area contributed by atoms with Crippen molar-refractivity contribution < 1.29 is 19.1 Å². The first-order valence-corrected chi connectivity index (χ1v) is 12.4. The van der Waals surface area contributed by atoms with E-state index in [0.29, 0.717) is 22.8 Å². The summed E-state index contributed by atoms with van der Waals surface area (Å²) >= 11 is 6.31. The van der Waals surface area contributed by atoms with Crippen LogP contribution in [0.4, 0.5) is 5.69 Å². The first-order valence-electron chi connectivity index (χ1n) is 12.0. The number of anilines is 1. The number of Topliss-reactive ketones (excluding diaryl/α,β-unsaturated/α-hetero) is 1. The molecule has 0 bridgehead atoms. The van der Waals surface area contributed by atoms with Gasteiger partial charge in [0.15, 0.2) is 5.78 Å². The van der Waals surface area contributed by atoms with Crippen molar-refractivity contribution in [3.05, 3.63) is 58.6 Å². The van der Waals surface area contributed by atoms with Crippen LogP contribution < -0.4 is 10.1 Å². The topological polar surface area (TPSA) is 67.9 Å². The molecule has 34 heavy (non-hydrogen) atoms. The van der Waals surface area contributed by atoms with Gasteiger partial charge in [0.2, 0.25) is 5.91 Å². The van der Waals surface area contributed by atoms with Crippen LogP contribution in [0.5, 0.6) is 5.75 Å². The third-order valence-corrected chi connectivity index (χ3v) is 7.72. The number of ketones is 1. The van der Waals surface area contributed by atoms with Gasteiger partial charge in [0.05, 0.1) is 18.8 Å². The summed E-state index contributed by atoms with van der Waals surface area (Å²) < 4.78 is 13.1. The maximum atomic E-state index is 12.9. The van der Waals surface area contributed by atoms with Gasteiger partial charge in [-0.3, -0.25) is 14.5 Å². The van der Waals surface area contributed by atoms with Crippen LogP contribution in [0.1, 0.15) is 62.1 Å². The predicted octanol–water partition coefficient (Wildman–Crippen LogP) is 5.26. The molecule has 0 saturated carbocycles. The highest BCUT2D eigenvalue weighted by Crippen LogP contribution is 2.52. The fourth-order valence-corrected chi connectivity index (χ4v) is 5.90. The Labute approximate surface area is 205 Å². The number of halogens is 1. The molecule has 3 aliphatic rings. The predicted molar refractivity (Wildman–Crippen MR) is 132 cm³/mol. The number of nitrogens with zero attached hydrogens (tertiary/aromatic N) is 1. The van der Waals surface area contributed by atoms with E-state index in [9.17, 15) is 9.59 Å². The van der Waals surface area contributed by atoms with Gasteiger partial charge in [0, 0.05) is 33.8 Å². The number of hydrogen-bond donors (Lipinski definition) is 1. The molecule has 2 fully saturated rings. The summed E-state index contributed by atoms with van der Waals surface area (Å²) in [6.07, 6.45) is 2.87. The van der Waals surface area contributed by atoms with Crippen LogP contribution in [0.15, 0.2) is 42.5 Å². The molecule has 180 valence electrons. The van der Waals surface area contributed by atoms with Gasteiger partial charge in [-0.1, -0.05) is 11.6 Å². The third-order valence-electron chi connectivity index (χ3n) is 7.48. The van der Waals surface area contributed by atoms with E-state index in [2.05, 4.69) is 24.1 Å². The number of likely N-dealkylation sites (tertiary alicyclic amines) is 1. The van der Waals surface area contributed by atoms with Gasteiger partial charge < -0.3 is 14.8 Å². The summed E-state index contributed by atoms with van der Waals surface area (Å²) in [6, 6.07) is 12.9. The Bertz CT molecular complexity index is 1100. The van der Waals surface area contributed by atoms with Gasteiger partial charge in [-0.2, -0.15) is 0 Å². The van der Waals surface area contributed by atoms with Crippen molar-refractivity contribution in [2.24, 2.45) is 5.92 Å². The molecule has 2 aromatic rings. The number of hydrogen-bond acceptors (Lipinski definition) is 5. The molecule has 1 amide bonds. The molecular formula is C27H31ClN2O4. The summed E-state index contributed by atoms with van der Waals surface area (Å²) in [5.74, 6) is 0.946. The minimum absolute atomic E-state index is 0.00680. The molecule has 3 heterocycles. The lowest BCUT2D eigenvalue weighted by atomic mass is 9.72. The SMILES string of the molecule is CC(=O)c1ccc(NC(=O)CN2CCC[C@H]3O[C@H]4c5cc(Cl)ccc5OC(C)(C)[C@@H]4C[C@H]32)cc1. The highest BCUT2D eigenvalue weighted by Gasteiger charge is 2.52. The Morgan fingerprint density at radius 3 is 2.68 bits per heavy atom. The Kier molecular flexibility index (Phi) is 6.17. The van der Waals surface area contributed by atoms with Gasteiger partial charge in [-0.25, -0.2) is 0 Å². The van der Waals surface area contributed by atoms with Gasteiger partial charge >= 0.3 is 0 Å². The Hall–Kier alpha value is -2.41. The van der Waals surface area contributed by atoms with Gasteiger partial charge in [0.1, 0.15) is 11.4 Å². The van der Waals surface area contributed by atoms with Crippen LogP contribution in [0.25, 0.3) is 0 Å². The van der Waals surface area contributed by atoms with Crippen LogP contribution in [-0.2, 0) is 9.53 Å². The molecule has 6 nitrogen and oxygen atoms in total. The van der Waals surface area contributed by atoms with Crippen molar-refractivity contribution in [3.63, 3.8) is 0 Å². The second kappa shape index (κ2) is 8.99. The summed E-state index contributed by atoms with van der Waals surface area (Å²) in [7, 11) is 0. The number of ether oxygens (including phenoxy) is 2. The van der Waals surface area contributed by atoms with Crippen LogP contribution in [0, 0.1) is 5.92 Å². The summed E-state index contributed by atoms with van der Waals surface area (Å²) in [5, 5.41) is 3.66. The van der Waals surface area contributed by atoms with E-state index in [0.717, 1.165) is 37.1 Å². The fourth-order valence-electron chi connectivity index (χ4n) is 5.72. The number of benzene rings is 2. The van der Waals surface area contributed by atoms with Crippen molar-refractivity contribution in [2.75, 3.05) is 18.4 Å². The number of fused-ring (bicyclic) bond motifs is 4. The van der Waals surface area contributed by atoms with E-state index in [1.807, 2.05) is 18.2 Å². The van der Waals surface area contributed by atoms with E-state index in [-0.39, 0.29) is 41.5 Å². The Balaban J connectivity index is 1.31. The molecule has 4 atom stereocenters. The highest BCUT2D eigenvalue weighted by molar-refractivity contribution is 6.30. The largest absolute Gasteiger partial charge is 0.487 e. The Morgan fingerprint density at radius 1 is 1.18 bits per heavy atom. The van der Waals surface area contributed by atoms with E-state index in [1.54, 1.807) is 24.3 Å². The van der Waals surface area contributed by atoms with E-state index < -0.39 is 0 Å². The number of amides is 1. The molecule has 0 radical (unpaired) electrons. The summed E-state index contributed by atoms with van der Waals surface area (Å²) in [6.45, 7) is 6.94. The molecule has 1 N–H and O–H groups in total. The smallest absolute Gasteiger partial charge is 0.238 e. The number of piperidine rings is 1. The zero-order chi connectivity index (χ0) is 24.0. The minimum atomic E-state index is -0.389. The standard InChI is InChI=1S/C27H31ClN2O4/c1-16(31)17-6-9-19(10-7-17)29-25(32)15-30-12-4-5-24-22(30)14-21-26(33-24)20-13-18(28)8-11-23(20)34-27(21,2)3/h6-11,13,21-22,24,26H,4-5,12,14-15H2,1-3H3,(H,29,32)/t21-,22-,24-,26+/m1/s1. The average molecular weight is 483 g/mol. The van der Waals surface area contributed by atoms with Gasteiger partial charge in [0.25, 0.3) is 0 Å². The molecule has 5 rings (SSSR count). The molecule has 0 spiro atoms. The zero-order valence-electron chi connectivity index (χ0n) is 19.8. The monoisotopic (exact) mass is 482 g/mol. The maximum absolute atomic E-state index is 12.9. The molecule has 3 aliphatic heterocycles. The number of carbonyl (C=O) groups excluding carboxylic acids is 2. The highest BCUT2D eigenvalue weighted by atomic mass is 35.5. The van der Waals surface area contributed by atoms with Crippen molar-refractivity contribution in [1.29, 1.82) is 0 Å². The second-order valence-corrected chi connectivity index (χ2v) is 10.6. The summed E-state index contributed by atoms with van der Waals surface area (Å²) in [4.78, 5) is 26.6. The molecule has 0 aliphatic carbocycles. The number of nitrogens with one attached hydrogen (secondary N) is 1. The van der Waals surface area contributed by atoms with E-state index >= 15 is 0 Å². The molecule has 0 unspecified atom stereocenters. The lowest BCUT2D eigenvalue weighted by molar-refractivity contribution is -0.189. The van der Waals surface area contributed by atoms with Crippen LogP contribution >= 0.6 is 11.6 Å². The quantitative estimate of drug-likeness (QED) is 0.602. The number of rotatable bonds is 4. The Morgan fingerprint density at radius 2 is 1.94 bits per heavy atom. The van der Waals surface area contributed by atoms with Crippen LogP contribution in [0.2, 0.25) is 5.02 Å². The van der Waals surface area contributed by atoms with Crippen LogP contribution in [-0.4, -0.2) is 47.4 Å². The van der Waals surface area contributed by atoms with Crippen molar-refractivity contribution in [2.45, 2.75) is 63.9 Å². The van der Waals surface area contributed by atoms with Gasteiger partial charge in [-0.05, 0) is 89.0 Å². The van der Waals surface area contributed by atoms with E-state index in [1.165, 1.54) is 6.92 Å². The van der Waals surface area contributed by atoms with Crippen molar-refractivity contribution >= 4 is 29.0 Å². The van der Waals surface area contributed by atoms with Crippen LogP contribution in [0.3, 0.4) is 0 Å². The molecule has 2 aromatic carbocycles. The molecule has 2 saturated heterocycles. The average Bonchev–Trinajstić information content (AvgIpc) is 2.79.